The number of hydrogen-bond acceptors (Lipinski definition) is 2. The number of benzene rings is 2. The minimum Gasteiger partial charge on any atom is -0.306 e. The summed E-state index contributed by atoms with van der Waals surface area (Å²) in [6, 6.07) is 15.6. The molecule has 0 radical (unpaired) electrons. The zero-order valence-corrected chi connectivity index (χ0v) is 11.1. The molecule has 98 valence electrons. The molecule has 1 heterocycles. The van der Waals surface area contributed by atoms with E-state index < -0.39 is 0 Å². The Morgan fingerprint density at radius 3 is 2.65 bits per heavy atom. The first-order valence-electron chi connectivity index (χ1n) is 6.46. The third-order valence-electron chi connectivity index (χ3n) is 3.11. The lowest BCUT2D eigenvalue weighted by Crippen LogP contribution is -2.09. The molecule has 3 heteroatoms. The summed E-state index contributed by atoms with van der Waals surface area (Å²) in [4.78, 5) is 19.3. The molecular formula is C17H14N2O. The van der Waals surface area contributed by atoms with Gasteiger partial charge in [0.1, 0.15) is 5.82 Å². The highest BCUT2D eigenvalue weighted by atomic mass is 16.1. The van der Waals surface area contributed by atoms with Gasteiger partial charge >= 0.3 is 0 Å². The normalized spacial score (nSPS) is 11.2. The summed E-state index contributed by atoms with van der Waals surface area (Å²) in [7, 11) is 0. The smallest absolute Gasteiger partial charge is 0.259 e. The molecule has 3 nitrogen and oxygen atoms in total. The zero-order valence-electron chi connectivity index (χ0n) is 11.1. The Balaban J connectivity index is 2.03. The van der Waals surface area contributed by atoms with Crippen LogP contribution in [0.1, 0.15) is 17.0 Å². The molecule has 0 aliphatic carbocycles. The van der Waals surface area contributed by atoms with Gasteiger partial charge in [0, 0.05) is 0 Å². The molecule has 0 amide bonds. The molecule has 1 N–H and O–H groups in total. The molecular weight excluding hydrogens is 248 g/mol. The minimum absolute atomic E-state index is 0.105. The number of hydrogen-bond donors (Lipinski definition) is 1. The van der Waals surface area contributed by atoms with Crippen LogP contribution in [0.2, 0.25) is 0 Å². The van der Waals surface area contributed by atoms with Gasteiger partial charge in [-0.25, -0.2) is 4.98 Å². The first kappa shape index (κ1) is 12.4. The molecule has 20 heavy (non-hydrogen) atoms. The van der Waals surface area contributed by atoms with E-state index in [4.69, 9.17) is 0 Å². The van der Waals surface area contributed by atoms with Crippen LogP contribution in [-0.2, 0) is 0 Å². The fourth-order valence-corrected chi connectivity index (χ4v) is 2.09. The first-order chi connectivity index (χ1) is 9.72. The van der Waals surface area contributed by atoms with E-state index in [9.17, 15) is 4.79 Å². The average molecular weight is 262 g/mol. The van der Waals surface area contributed by atoms with E-state index in [1.54, 1.807) is 0 Å². The van der Waals surface area contributed by atoms with Crippen LogP contribution < -0.4 is 5.56 Å². The number of H-pyrrole nitrogens is 1. The van der Waals surface area contributed by atoms with Crippen molar-refractivity contribution in [3.63, 3.8) is 0 Å². The van der Waals surface area contributed by atoms with Crippen LogP contribution in [0.3, 0.4) is 0 Å². The third kappa shape index (κ3) is 2.52. The Labute approximate surface area is 116 Å². The van der Waals surface area contributed by atoms with Gasteiger partial charge in [-0.3, -0.25) is 4.79 Å². The Kier molecular flexibility index (Phi) is 3.17. The van der Waals surface area contributed by atoms with E-state index in [1.165, 1.54) is 0 Å². The molecule has 0 saturated heterocycles. The van der Waals surface area contributed by atoms with Crippen LogP contribution in [0, 0.1) is 6.92 Å². The van der Waals surface area contributed by atoms with Crippen LogP contribution in [0.4, 0.5) is 0 Å². The van der Waals surface area contributed by atoms with Gasteiger partial charge in [0.2, 0.25) is 0 Å². The van der Waals surface area contributed by atoms with Crippen LogP contribution >= 0.6 is 0 Å². The average Bonchev–Trinajstić information content (AvgIpc) is 2.47. The van der Waals surface area contributed by atoms with Gasteiger partial charge in [-0.2, -0.15) is 0 Å². The van der Waals surface area contributed by atoms with E-state index in [-0.39, 0.29) is 5.56 Å². The predicted octanol–water partition coefficient (Wildman–Crippen LogP) is 3.40. The summed E-state index contributed by atoms with van der Waals surface area (Å²) in [6.45, 7) is 1.96. The number of nitrogens with zero attached hydrogens (tertiary/aromatic N) is 1. The Hall–Kier alpha value is -2.68. The third-order valence-corrected chi connectivity index (χ3v) is 3.11. The number of rotatable bonds is 2. The van der Waals surface area contributed by atoms with Crippen LogP contribution in [0.15, 0.2) is 53.3 Å². The number of fused-ring (bicyclic) bond motifs is 1. The lowest BCUT2D eigenvalue weighted by Gasteiger charge is -2.00. The van der Waals surface area contributed by atoms with Crippen molar-refractivity contribution < 1.29 is 0 Å². The Morgan fingerprint density at radius 2 is 1.85 bits per heavy atom. The maximum Gasteiger partial charge on any atom is 0.259 e. The van der Waals surface area contributed by atoms with Crippen molar-refractivity contribution in [1.29, 1.82) is 0 Å². The highest BCUT2D eigenvalue weighted by Gasteiger charge is 2.01. The van der Waals surface area contributed by atoms with E-state index >= 15 is 0 Å². The van der Waals surface area contributed by atoms with Crippen molar-refractivity contribution in [2.24, 2.45) is 0 Å². The summed E-state index contributed by atoms with van der Waals surface area (Å²) in [6.07, 6.45) is 3.74. The molecule has 0 aliphatic heterocycles. The lowest BCUT2D eigenvalue weighted by molar-refractivity contribution is 1.14. The summed E-state index contributed by atoms with van der Waals surface area (Å²) in [5.41, 5.74) is 2.73. The molecule has 3 rings (SSSR count). The van der Waals surface area contributed by atoms with Gasteiger partial charge in [0.25, 0.3) is 5.56 Å². The van der Waals surface area contributed by atoms with Crippen LogP contribution in [0.5, 0.6) is 0 Å². The van der Waals surface area contributed by atoms with Gasteiger partial charge in [0.05, 0.1) is 10.9 Å². The Morgan fingerprint density at radius 1 is 1.05 bits per heavy atom. The summed E-state index contributed by atoms with van der Waals surface area (Å²) in [5, 5.41) is 0.627. The highest BCUT2D eigenvalue weighted by molar-refractivity contribution is 5.79. The largest absolute Gasteiger partial charge is 0.306 e. The van der Waals surface area contributed by atoms with Gasteiger partial charge in [-0.15, -0.1) is 0 Å². The molecule has 0 spiro atoms. The maximum atomic E-state index is 12.0. The molecule has 0 saturated carbocycles. The molecule has 0 atom stereocenters. The zero-order chi connectivity index (χ0) is 13.9. The van der Waals surface area contributed by atoms with Crippen molar-refractivity contribution in [3.8, 4) is 0 Å². The summed E-state index contributed by atoms with van der Waals surface area (Å²) < 4.78 is 0. The van der Waals surface area contributed by atoms with E-state index in [1.807, 2.05) is 67.6 Å². The standard InChI is InChI=1S/C17H14N2O/c1-12-7-9-15-14(11-12)17(20)19-16(18-15)10-8-13-5-3-2-4-6-13/h2-11H,1H3,(H,18,19,20). The molecule has 0 unspecified atom stereocenters. The van der Waals surface area contributed by atoms with Crippen molar-refractivity contribution in [3.05, 3.63) is 75.8 Å². The summed E-state index contributed by atoms with van der Waals surface area (Å²) >= 11 is 0. The second-order valence-electron chi connectivity index (χ2n) is 4.72. The van der Waals surface area contributed by atoms with E-state index in [2.05, 4.69) is 9.97 Å². The topological polar surface area (TPSA) is 45.8 Å². The lowest BCUT2D eigenvalue weighted by atomic mass is 10.1. The van der Waals surface area contributed by atoms with Gasteiger partial charge in [-0.05, 0) is 30.7 Å². The minimum atomic E-state index is -0.105. The number of aryl methyl sites for hydroxylation is 1. The molecule has 2 aromatic carbocycles. The number of aromatic amines is 1. The van der Waals surface area contributed by atoms with Crippen molar-refractivity contribution in [1.82, 2.24) is 9.97 Å². The van der Waals surface area contributed by atoms with Crippen molar-refractivity contribution in [2.75, 3.05) is 0 Å². The van der Waals surface area contributed by atoms with E-state index in [0.29, 0.717) is 16.7 Å². The van der Waals surface area contributed by atoms with Gasteiger partial charge in [0.15, 0.2) is 0 Å². The Bertz CT molecular complexity index is 832. The molecule has 1 aromatic heterocycles. The van der Waals surface area contributed by atoms with E-state index in [0.717, 1.165) is 11.1 Å². The molecule has 0 bridgehead atoms. The molecule has 0 aliphatic rings. The second-order valence-corrected chi connectivity index (χ2v) is 4.72. The monoisotopic (exact) mass is 262 g/mol. The number of aromatic nitrogens is 2. The van der Waals surface area contributed by atoms with Gasteiger partial charge in [-0.1, -0.05) is 48.0 Å². The fraction of sp³-hybridized carbons (Fsp3) is 0.0588. The van der Waals surface area contributed by atoms with Crippen LogP contribution in [-0.4, -0.2) is 9.97 Å². The van der Waals surface area contributed by atoms with Crippen molar-refractivity contribution in [2.45, 2.75) is 6.92 Å². The highest BCUT2D eigenvalue weighted by Crippen LogP contribution is 2.11. The summed E-state index contributed by atoms with van der Waals surface area (Å²) in [5.74, 6) is 0.565. The second kappa shape index (κ2) is 5.13. The molecule has 3 aromatic rings. The van der Waals surface area contributed by atoms with Crippen molar-refractivity contribution >= 4 is 23.1 Å². The molecule has 0 fully saturated rings. The van der Waals surface area contributed by atoms with Crippen LogP contribution in [0.25, 0.3) is 23.1 Å². The van der Waals surface area contributed by atoms with Gasteiger partial charge < -0.3 is 4.98 Å². The first-order valence-corrected chi connectivity index (χ1v) is 6.46. The predicted molar refractivity (Wildman–Crippen MR) is 82.5 cm³/mol. The quantitative estimate of drug-likeness (QED) is 0.769. The maximum absolute atomic E-state index is 12.0. The number of nitrogens with one attached hydrogen (secondary N) is 1. The SMILES string of the molecule is Cc1ccc2nc(C=Cc3ccccc3)[nH]c(=O)c2c1. The fourth-order valence-electron chi connectivity index (χ4n) is 2.09.